The van der Waals surface area contributed by atoms with Crippen molar-refractivity contribution in [1.82, 2.24) is 9.55 Å². The summed E-state index contributed by atoms with van der Waals surface area (Å²) in [6.45, 7) is 12.3. The summed E-state index contributed by atoms with van der Waals surface area (Å²) in [5, 5.41) is 4.98. The van der Waals surface area contributed by atoms with Crippen molar-refractivity contribution in [2.75, 3.05) is 16.5 Å². The van der Waals surface area contributed by atoms with E-state index in [2.05, 4.69) is 145 Å². The summed E-state index contributed by atoms with van der Waals surface area (Å²) in [4.78, 5) is 9.62. The summed E-state index contributed by atoms with van der Waals surface area (Å²) in [7, 11) is -2.15. The Morgan fingerprint density at radius 1 is 0.786 bits per heavy atom. The number of hydrogen-bond donors (Lipinski definition) is 0. The summed E-state index contributed by atoms with van der Waals surface area (Å²) < 4.78 is 2.27. The van der Waals surface area contributed by atoms with Gasteiger partial charge in [0.2, 0.25) is 0 Å². The molecule has 1 aliphatic rings. The summed E-state index contributed by atoms with van der Waals surface area (Å²) in [5.41, 5.74) is 7.09. The Labute approximate surface area is 263 Å². The third kappa shape index (κ3) is 4.60. The fourth-order valence-electron chi connectivity index (χ4n) is 6.15. The van der Waals surface area contributed by atoms with E-state index in [-0.39, 0.29) is 21.1 Å². The normalized spacial score (nSPS) is 13.2. The standard InChI is InChI=1S/C36H34N4Si.Pt/c1-25(2)38-24-39(34-16-9-8-15-33(34)38)27-11-10-12-28(22-27)41(4,5)29-17-18-31-30-13-6-7-14-32(30)40(35(31)23-29)36-21-26(3)19-20-37-36;/h6-21,25H,24H2,1-5H3;/q-2;+2. The van der Waals surface area contributed by atoms with Crippen LogP contribution in [0, 0.1) is 19.1 Å². The number of aryl methyl sites for hydroxylation is 1. The number of aromatic nitrogens is 2. The van der Waals surface area contributed by atoms with Gasteiger partial charge < -0.3 is 14.4 Å². The molecule has 2 aromatic heterocycles. The first kappa shape index (κ1) is 28.5. The van der Waals surface area contributed by atoms with Gasteiger partial charge in [-0.1, -0.05) is 54.6 Å². The molecule has 7 rings (SSSR count). The van der Waals surface area contributed by atoms with E-state index in [1.165, 1.54) is 38.1 Å². The van der Waals surface area contributed by atoms with Gasteiger partial charge in [0.15, 0.2) is 0 Å². The van der Waals surface area contributed by atoms with Crippen LogP contribution in [0.5, 0.6) is 0 Å². The first-order chi connectivity index (χ1) is 19.8. The fourth-order valence-corrected chi connectivity index (χ4v) is 8.32. The second-order valence-corrected chi connectivity index (χ2v) is 16.2. The van der Waals surface area contributed by atoms with Crippen molar-refractivity contribution in [3.63, 3.8) is 0 Å². The van der Waals surface area contributed by atoms with Crippen LogP contribution < -0.4 is 20.2 Å². The molecule has 3 heterocycles. The SMILES string of the molecule is Cc1ccnc(-n2c3[c-]c([Si](C)(C)c4[c-]c(N5CN(C(C)C)c6ccccc65)ccc4)ccc3c3ccccc32)c1.[Pt+2]. The Morgan fingerprint density at radius 3 is 2.31 bits per heavy atom. The Bertz CT molecular complexity index is 1930. The number of benzene rings is 4. The molecule has 0 radical (unpaired) electrons. The molecule has 0 N–H and O–H groups in total. The molecule has 4 aromatic carbocycles. The van der Waals surface area contributed by atoms with Gasteiger partial charge in [0, 0.05) is 17.8 Å². The molecule has 0 spiro atoms. The van der Waals surface area contributed by atoms with E-state index in [0.29, 0.717) is 6.04 Å². The van der Waals surface area contributed by atoms with Crippen molar-refractivity contribution in [3.05, 3.63) is 115 Å². The van der Waals surface area contributed by atoms with E-state index in [1.807, 2.05) is 12.3 Å². The van der Waals surface area contributed by atoms with Crippen LogP contribution in [-0.4, -0.2) is 30.3 Å². The minimum absolute atomic E-state index is 0. The second-order valence-electron chi connectivity index (χ2n) is 11.9. The van der Waals surface area contributed by atoms with Gasteiger partial charge in [-0.2, -0.15) is 46.8 Å². The average molecular weight is 746 g/mol. The van der Waals surface area contributed by atoms with Crippen molar-refractivity contribution in [3.8, 4) is 5.82 Å². The maximum atomic E-state index is 4.76. The molecule has 0 aliphatic carbocycles. The first-order valence-electron chi connectivity index (χ1n) is 14.4. The van der Waals surface area contributed by atoms with E-state index in [0.717, 1.165) is 29.2 Å². The summed E-state index contributed by atoms with van der Waals surface area (Å²) in [6, 6.07) is 40.9. The van der Waals surface area contributed by atoms with Crippen LogP contribution >= 0.6 is 0 Å². The monoisotopic (exact) mass is 745 g/mol. The predicted octanol–water partition coefficient (Wildman–Crippen LogP) is 7.23. The number of pyridine rings is 1. The number of fused-ring (bicyclic) bond motifs is 4. The van der Waals surface area contributed by atoms with Crippen LogP contribution in [0.2, 0.25) is 13.1 Å². The summed E-state index contributed by atoms with van der Waals surface area (Å²) >= 11 is 0. The first-order valence-corrected chi connectivity index (χ1v) is 17.4. The van der Waals surface area contributed by atoms with Gasteiger partial charge >= 0.3 is 21.1 Å². The van der Waals surface area contributed by atoms with Crippen molar-refractivity contribution < 1.29 is 21.1 Å². The van der Waals surface area contributed by atoms with E-state index >= 15 is 0 Å². The number of hydrogen-bond acceptors (Lipinski definition) is 3. The van der Waals surface area contributed by atoms with Crippen LogP contribution in [0.15, 0.2) is 97.2 Å². The molecule has 6 aromatic rings. The second kappa shape index (κ2) is 10.9. The molecule has 0 fully saturated rings. The molecular formula is C36H34N4PtSi. The Hall–Kier alpha value is -3.66. The van der Waals surface area contributed by atoms with Gasteiger partial charge in [-0.15, -0.1) is 11.5 Å². The van der Waals surface area contributed by atoms with Crippen LogP contribution in [-0.2, 0) is 21.1 Å². The van der Waals surface area contributed by atoms with Crippen LogP contribution in [0.1, 0.15) is 19.4 Å². The molecule has 0 atom stereocenters. The smallest absolute Gasteiger partial charge is 0.349 e. The Morgan fingerprint density at radius 2 is 1.52 bits per heavy atom. The third-order valence-electron chi connectivity index (χ3n) is 8.53. The maximum absolute atomic E-state index is 4.76. The zero-order valence-electron chi connectivity index (χ0n) is 24.6. The molecule has 0 bridgehead atoms. The number of nitrogens with zero attached hydrogens (tertiary/aromatic N) is 4. The molecule has 4 nitrogen and oxygen atoms in total. The topological polar surface area (TPSA) is 24.3 Å². The molecule has 1 aliphatic heterocycles. The van der Waals surface area contributed by atoms with Crippen LogP contribution in [0.25, 0.3) is 27.6 Å². The van der Waals surface area contributed by atoms with E-state index in [1.54, 1.807) is 0 Å². The van der Waals surface area contributed by atoms with E-state index < -0.39 is 8.07 Å². The largest absolute Gasteiger partial charge is 2.00 e. The van der Waals surface area contributed by atoms with Gasteiger partial charge in [-0.25, -0.2) is 4.98 Å². The molecule has 212 valence electrons. The number of rotatable bonds is 5. The fraction of sp³-hybridized carbons (Fsp3) is 0.194. The molecule has 0 amide bonds. The van der Waals surface area contributed by atoms with Gasteiger partial charge in [0.1, 0.15) is 5.82 Å². The zero-order valence-corrected chi connectivity index (χ0v) is 27.9. The van der Waals surface area contributed by atoms with Crippen molar-refractivity contribution in [2.24, 2.45) is 0 Å². The van der Waals surface area contributed by atoms with Gasteiger partial charge in [0.05, 0.1) is 26.1 Å². The molecule has 0 saturated carbocycles. The van der Waals surface area contributed by atoms with Gasteiger partial charge in [0.25, 0.3) is 0 Å². The minimum atomic E-state index is -2.15. The maximum Gasteiger partial charge on any atom is 2.00 e. The zero-order chi connectivity index (χ0) is 28.3. The third-order valence-corrected chi connectivity index (χ3v) is 11.8. The number of para-hydroxylation sites is 3. The van der Waals surface area contributed by atoms with E-state index in [9.17, 15) is 0 Å². The summed E-state index contributed by atoms with van der Waals surface area (Å²) in [6.07, 6.45) is 1.89. The minimum Gasteiger partial charge on any atom is -0.349 e. The van der Waals surface area contributed by atoms with Gasteiger partial charge in [-0.05, 0) is 62.1 Å². The Balaban J connectivity index is 0.00000316. The van der Waals surface area contributed by atoms with Crippen LogP contribution in [0.4, 0.5) is 17.1 Å². The Kier molecular flexibility index (Phi) is 7.37. The predicted molar refractivity (Wildman–Crippen MR) is 175 cm³/mol. The van der Waals surface area contributed by atoms with Crippen molar-refractivity contribution in [2.45, 2.75) is 39.9 Å². The number of anilines is 3. The van der Waals surface area contributed by atoms with Gasteiger partial charge in [-0.3, -0.25) is 0 Å². The molecular weight excluding hydrogens is 712 g/mol. The van der Waals surface area contributed by atoms with Crippen molar-refractivity contribution >= 4 is 57.3 Å². The molecule has 6 heteroatoms. The molecule has 42 heavy (non-hydrogen) atoms. The quantitative estimate of drug-likeness (QED) is 0.138. The summed E-state index contributed by atoms with van der Waals surface area (Å²) in [5.74, 6) is 0.931. The van der Waals surface area contributed by atoms with E-state index in [4.69, 9.17) is 4.98 Å². The van der Waals surface area contributed by atoms with Crippen LogP contribution in [0.3, 0.4) is 0 Å². The molecule has 0 saturated heterocycles. The average Bonchev–Trinajstić information content (AvgIpc) is 3.53. The molecule has 0 unspecified atom stereocenters. The van der Waals surface area contributed by atoms with Crippen molar-refractivity contribution in [1.29, 1.82) is 0 Å².